The molecule has 0 saturated carbocycles. The first kappa shape index (κ1) is 22.4. The average Bonchev–Trinajstić information content (AvgIpc) is 2.74. The van der Waals surface area contributed by atoms with Gasteiger partial charge in [0.15, 0.2) is 0 Å². The topological polar surface area (TPSA) is 0 Å². The molecule has 0 spiro atoms. The molecule has 0 bridgehead atoms. The van der Waals surface area contributed by atoms with Gasteiger partial charge in [0.1, 0.15) is 0 Å². The smallest absolute Gasteiger partial charge is 0.0192 e. The number of aryl methyl sites for hydroxylation is 2. The Labute approximate surface area is 184 Å². The van der Waals surface area contributed by atoms with E-state index in [1.807, 2.05) is 0 Å². The zero-order valence-corrected chi connectivity index (χ0v) is 19.3. The molecule has 157 valence electrons. The molecule has 1 radical (unpaired) electrons. The van der Waals surface area contributed by atoms with E-state index in [2.05, 4.69) is 100 Å². The number of unbranched alkanes of at least 4 members (excludes halogenated alkanes) is 4. The van der Waals surface area contributed by atoms with Crippen molar-refractivity contribution in [3.8, 4) is 0 Å². The number of benzene rings is 3. The maximum absolute atomic E-state index is 2.46. The summed E-state index contributed by atoms with van der Waals surface area (Å²) in [5, 5.41) is 0. The molecule has 0 heterocycles. The molecule has 3 aromatic carbocycles. The van der Waals surface area contributed by atoms with Gasteiger partial charge in [0.2, 0.25) is 0 Å². The van der Waals surface area contributed by atoms with Gasteiger partial charge in [-0.1, -0.05) is 130 Å². The van der Waals surface area contributed by atoms with Gasteiger partial charge in [-0.15, -0.1) is 0 Å². The molecule has 0 aliphatic rings. The van der Waals surface area contributed by atoms with Gasteiger partial charge >= 0.3 is 0 Å². The third kappa shape index (κ3) is 6.11. The number of hydrogen-bond acceptors (Lipinski definition) is 0. The fourth-order valence-electron chi connectivity index (χ4n) is 4.54. The predicted molar refractivity (Wildman–Crippen MR) is 135 cm³/mol. The molecular weight excluding hydrogens is 359 g/mol. The summed E-state index contributed by atoms with van der Waals surface area (Å²) in [5.74, 6) is 0.613. The van der Waals surface area contributed by atoms with Crippen molar-refractivity contribution in [2.45, 2.75) is 72.1 Å². The molecule has 1 unspecified atom stereocenters. The summed E-state index contributed by atoms with van der Waals surface area (Å²) in [6.45, 7) is 9.34. The van der Waals surface area contributed by atoms with E-state index in [4.69, 9.17) is 0 Å². The highest BCUT2D eigenvalue weighted by Crippen LogP contribution is 2.21. The summed E-state index contributed by atoms with van der Waals surface area (Å²) >= 11 is 0. The Hall–Kier alpha value is -2.28. The van der Waals surface area contributed by atoms with Gasteiger partial charge in [0.05, 0.1) is 0 Å². The van der Waals surface area contributed by atoms with Crippen molar-refractivity contribution in [1.82, 2.24) is 0 Å². The van der Waals surface area contributed by atoms with Crippen LogP contribution in [-0.2, 0) is 0 Å². The predicted octanol–water partition coefficient (Wildman–Crippen LogP) is 6.28. The lowest BCUT2D eigenvalue weighted by atomic mass is 9.36. The van der Waals surface area contributed by atoms with Crippen LogP contribution in [0, 0.1) is 13.8 Å². The molecule has 0 aromatic heterocycles. The maximum Gasteiger partial charge on any atom is -0.0192 e. The molecule has 30 heavy (non-hydrogen) atoms. The molecule has 0 nitrogen and oxygen atoms in total. The van der Waals surface area contributed by atoms with Crippen LogP contribution in [0.4, 0.5) is 0 Å². The second kappa shape index (κ2) is 11.2. The van der Waals surface area contributed by atoms with Crippen molar-refractivity contribution >= 4 is 23.1 Å². The fraction of sp³-hybridized carbons (Fsp3) is 0.379. The van der Waals surface area contributed by atoms with E-state index in [1.165, 1.54) is 71.6 Å². The molecule has 0 saturated heterocycles. The van der Waals surface area contributed by atoms with E-state index in [-0.39, 0.29) is 6.71 Å². The van der Waals surface area contributed by atoms with E-state index in [0.717, 1.165) is 0 Å². The SMILES string of the molecule is CCCCCCCC(C)c1cccc([B-](c2cccc(C)c2)c2cccc(C)c2)c1. The first-order valence-corrected chi connectivity index (χ1v) is 11.8. The van der Waals surface area contributed by atoms with Crippen LogP contribution in [-0.4, -0.2) is 6.71 Å². The van der Waals surface area contributed by atoms with Crippen LogP contribution < -0.4 is 16.4 Å². The minimum Gasteiger partial charge on any atom is -0.233 e. The monoisotopic (exact) mass is 396 g/mol. The first-order chi connectivity index (χ1) is 14.6. The molecule has 3 aromatic rings. The van der Waals surface area contributed by atoms with Gasteiger partial charge in [0, 0.05) is 0 Å². The van der Waals surface area contributed by atoms with E-state index in [0.29, 0.717) is 5.92 Å². The molecular formula is C29H37B-. The van der Waals surface area contributed by atoms with E-state index in [9.17, 15) is 0 Å². The van der Waals surface area contributed by atoms with E-state index >= 15 is 0 Å². The molecule has 0 amide bonds. The molecule has 3 rings (SSSR count). The lowest BCUT2D eigenvalue weighted by molar-refractivity contribution is 0.567. The molecule has 0 aliphatic carbocycles. The second-order valence-corrected chi connectivity index (χ2v) is 9.04. The lowest BCUT2D eigenvalue weighted by Crippen LogP contribution is -2.52. The third-order valence-corrected chi connectivity index (χ3v) is 6.30. The molecule has 1 atom stereocenters. The van der Waals surface area contributed by atoms with Crippen molar-refractivity contribution in [2.24, 2.45) is 0 Å². The first-order valence-electron chi connectivity index (χ1n) is 11.8. The molecule has 0 aliphatic heterocycles. The van der Waals surface area contributed by atoms with Crippen LogP contribution in [0.1, 0.15) is 75.0 Å². The summed E-state index contributed by atoms with van der Waals surface area (Å²) in [4.78, 5) is 0. The summed E-state index contributed by atoms with van der Waals surface area (Å²) in [5.41, 5.74) is 8.29. The zero-order chi connectivity index (χ0) is 21.3. The van der Waals surface area contributed by atoms with Crippen molar-refractivity contribution in [3.63, 3.8) is 0 Å². The van der Waals surface area contributed by atoms with Gasteiger partial charge in [0.25, 0.3) is 0 Å². The number of hydrogen-bond donors (Lipinski definition) is 0. The quantitative estimate of drug-likeness (QED) is 0.279. The third-order valence-electron chi connectivity index (χ3n) is 6.30. The van der Waals surface area contributed by atoms with Crippen LogP contribution in [0.2, 0.25) is 0 Å². The van der Waals surface area contributed by atoms with Crippen molar-refractivity contribution in [1.29, 1.82) is 0 Å². The Balaban J connectivity index is 1.88. The van der Waals surface area contributed by atoms with Crippen LogP contribution in [0.25, 0.3) is 0 Å². The lowest BCUT2D eigenvalue weighted by Gasteiger charge is -2.32. The fourth-order valence-corrected chi connectivity index (χ4v) is 4.54. The van der Waals surface area contributed by atoms with Gasteiger partial charge in [-0.25, -0.2) is 16.4 Å². The Morgan fingerprint density at radius 3 is 1.77 bits per heavy atom. The minimum atomic E-state index is 0.279. The van der Waals surface area contributed by atoms with Crippen LogP contribution >= 0.6 is 0 Å². The van der Waals surface area contributed by atoms with Crippen molar-refractivity contribution < 1.29 is 0 Å². The number of rotatable bonds is 10. The highest BCUT2D eigenvalue weighted by atomic mass is 14.1. The second-order valence-electron chi connectivity index (χ2n) is 9.04. The Bertz CT molecular complexity index is 881. The van der Waals surface area contributed by atoms with Crippen LogP contribution in [0.3, 0.4) is 0 Å². The Kier molecular flexibility index (Phi) is 8.37. The van der Waals surface area contributed by atoms with E-state index in [1.54, 1.807) is 0 Å². The molecule has 0 N–H and O–H groups in total. The van der Waals surface area contributed by atoms with E-state index < -0.39 is 0 Å². The Morgan fingerprint density at radius 1 is 0.667 bits per heavy atom. The molecule has 1 heteroatoms. The minimum absolute atomic E-state index is 0.279. The normalized spacial score (nSPS) is 12.3. The summed E-state index contributed by atoms with van der Waals surface area (Å²) < 4.78 is 0. The van der Waals surface area contributed by atoms with Gasteiger partial charge in [-0.05, 0) is 38.5 Å². The Morgan fingerprint density at radius 2 is 1.20 bits per heavy atom. The van der Waals surface area contributed by atoms with Crippen molar-refractivity contribution in [3.05, 3.63) is 89.5 Å². The van der Waals surface area contributed by atoms with Gasteiger partial charge in [-0.3, -0.25) is 0 Å². The zero-order valence-electron chi connectivity index (χ0n) is 19.3. The maximum atomic E-state index is 2.46. The van der Waals surface area contributed by atoms with Gasteiger partial charge < -0.3 is 0 Å². The summed E-state index contributed by atoms with van der Waals surface area (Å²) in [6.07, 6.45) is 8.06. The summed E-state index contributed by atoms with van der Waals surface area (Å²) in [6, 6.07) is 27.4. The van der Waals surface area contributed by atoms with Crippen LogP contribution in [0.5, 0.6) is 0 Å². The average molecular weight is 396 g/mol. The van der Waals surface area contributed by atoms with Gasteiger partial charge in [-0.2, -0.15) is 0 Å². The molecule has 0 fully saturated rings. The highest BCUT2D eigenvalue weighted by Gasteiger charge is 2.10. The highest BCUT2D eigenvalue weighted by molar-refractivity contribution is 6.95. The summed E-state index contributed by atoms with van der Waals surface area (Å²) in [7, 11) is 0. The standard InChI is InChI=1S/C29H37B/c1-5-6-7-8-9-15-25(4)26-16-12-19-29(22-26)30(27-17-10-13-23(2)20-27)28-18-11-14-24(3)21-28/h10-14,16-22,25H,5-9,15H2,1-4H3/q-1. The van der Waals surface area contributed by atoms with Crippen LogP contribution in [0.15, 0.2) is 72.8 Å². The largest absolute Gasteiger partial charge is 0.233 e. The van der Waals surface area contributed by atoms with Crippen molar-refractivity contribution in [2.75, 3.05) is 0 Å².